The van der Waals surface area contributed by atoms with E-state index in [4.69, 9.17) is 10.5 Å². The monoisotopic (exact) mass is 195 g/mol. The maximum Gasteiger partial charge on any atom is 0.266 e. The second-order valence-corrected chi connectivity index (χ2v) is 3.04. The van der Waals surface area contributed by atoms with Gasteiger partial charge < -0.3 is 4.98 Å². The van der Waals surface area contributed by atoms with E-state index in [1.54, 1.807) is 24.3 Å². The summed E-state index contributed by atoms with van der Waals surface area (Å²) in [5.74, 6) is 0. The highest BCUT2D eigenvalue weighted by molar-refractivity contribution is 5.81. The van der Waals surface area contributed by atoms with E-state index in [0.717, 1.165) is 0 Å². The van der Waals surface area contributed by atoms with Gasteiger partial charge in [-0.25, -0.2) is 0 Å². The van der Waals surface area contributed by atoms with Crippen molar-refractivity contribution in [3.63, 3.8) is 0 Å². The average molecular weight is 195 g/mol. The number of hydrogen-bond donors (Lipinski definition) is 1. The third-order valence-corrected chi connectivity index (χ3v) is 2.09. The average Bonchev–Trinajstić information content (AvgIpc) is 2.27. The maximum atomic E-state index is 11.3. The molecular weight excluding hydrogens is 190 g/mol. The van der Waals surface area contributed by atoms with Gasteiger partial charge in [-0.2, -0.15) is 10.5 Å². The van der Waals surface area contributed by atoms with Crippen LogP contribution in [0.5, 0.6) is 0 Å². The molecule has 0 aliphatic rings. The standard InChI is InChI=1S/C11H5N3O/c12-5-7-1-2-10-8(3-7)4-9(6-13)11(15)14-10/h1-4H,(H,14,15). The summed E-state index contributed by atoms with van der Waals surface area (Å²) in [5.41, 5.74) is 0.767. The lowest BCUT2D eigenvalue weighted by molar-refractivity contribution is 1.27. The zero-order valence-corrected chi connectivity index (χ0v) is 7.61. The molecular formula is C11H5N3O. The van der Waals surface area contributed by atoms with E-state index >= 15 is 0 Å². The zero-order chi connectivity index (χ0) is 10.8. The van der Waals surface area contributed by atoms with Gasteiger partial charge >= 0.3 is 0 Å². The Morgan fingerprint density at radius 2 is 1.93 bits per heavy atom. The van der Waals surface area contributed by atoms with E-state index in [9.17, 15) is 4.79 Å². The summed E-state index contributed by atoms with van der Waals surface area (Å²) >= 11 is 0. The fraction of sp³-hybridized carbons (Fsp3) is 0. The number of hydrogen-bond acceptors (Lipinski definition) is 3. The summed E-state index contributed by atoms with van der Waals surface area (Å²) in [5, 5.41) is 18.0. The highest BCUT2D eigenvalue weighted by atomic mass is 16.1. The first-order valence-electron chi connectivity index (χ1n) is 4.22. The van der Waals surface area contributed by atoms with Crippen molar-refractivity contribution in [3.8, 4) is 12.1 Å². The lowest BCUT2D eigenvalue weighted by Crippen LogP contribution is -2.09. The number of fused-ring (bicyclic) bond motifs is 1. The van der Waals surface area contributed by atoms with Gasteiger partial charge in [-0.15, -0.1) is 0 Å². The van der Waals surface area contributed by atoms with E-state index in [2.05, 4.69) is 4.98 Å². The molecule has 0 aliphatic heterocycles. The predicted octanol–water partition coefficient (Wildman–Crippen LogP) is 1.27. The van der Waals surface area contributed by atoms with Crippen LogP contribution in [0.25, 0.3) is 10.9 Å². The SMILES string of the molecule is N#Cc1ccc2[nH]c(=O)c(C#N)cc2c1. The van der Waals surface area contributed by atoms with Crippen molar-refractivity contribution in [3.05, 3.63) is 45.7 Å². The summed E-state index contributed by atoms with van der Waals surface area (Å²) in [7, 11) is 0. The lowest BCUT2D eigenvalue weighted by Gasteiger charge is -1.97. The Kier molecular flexibility index (Phi) is 1.97. The minimum Gasteiger partial charge on any atom is -0.321 e. The van der Waals surface area contributed by atoms with E-state index < -0.39 is 5.56 Å². The molecule has 4 nitrogen and oxygen atoms in total. The molecule has 1 aromatic carbocycles. The van der Waals surface area contributed by atoms with Crippen molar-refractivity contribution < 1.29 is 0 Å². The van der Waals surface area contributed by atoms with Crippen molar-refractivity contribution in [1.29, 1.82) is 10.5 Å². The summed E-state index contributed by atoms with van der Waals surface area (Å²) in [4.78, 5) is 13.8. The quantitative estimate of drug-likeness (QED) is 0.687. The first kappa shape index (κ1) is 8.98. The van der Waals surface area contributed by atoms with Gasteiger partial charge in [0.05, 0.1) is 11.6 Å². The van der Waals surface area contributed by atoms with Crippen molar-refractivity contribution in [2.24, 2.45) is 0 Å². The van der Waals surface area contributed by atoms with Gasteiger partial charge in [0, 0.05) is 10.9 Å². The Balaban J connectivity index is 2.86. The number of nitriles is 2. The molecule has 1 aromatic heterocycles. The molecule has 70 valence electrons. The highest BCUT2D eigenvalue weighted by Gasteiger charge is 2.02. The van der Waals surface area contributed by atoms with Gasteiger partial charge in [0.15, 0.2) is 0 Å². The van der Waals surface area contributed by atoms with Crippen LogP contribution in [0.4, 0.5) is 0 Å². The van der Waals surface area contributed by atoms with Gasteiger partial charge in [0.25, 0.3) is 5.56 Å². The Hall–Kier alpha value is -2.59. The molecule has 0 spiro atoms. The van der Waals surface area contributed by atoms with Crippen molar-refractivity contribution >= 4 is 10.9 Å². The van der Waals surface area contributed by atoms with Gasteiger partial charge in [0.2, 0.25) is 0 Å². The minimum absolute atomic E-state index is 0.0533. The largest absolute Gasteiger partial charge is 0.321 e. The Bertz CT molecular complexity index is 671. The van der Waals surface area contributed by atoms with Crippen molar-refractivity contribution in [1.82, 2.24) is 4.98 Å². The third-order valence-electron chi connectivity index (χ3n) is 2.09. The van der Waals surface area contributed by atoms with Crippen LogP contribution in [0.2, 0.25) is 0 Å². The molecule has 0 bridgehead atoms. The first-order valence-corrected chi connectivity index (χ1v) is 4.22. The first-order chi connectivity index (χ1) is 7.24. The summed E-state index contributed by atoms with van der Waals surface area (Å²) in [6, 6.07) is 10.2. The summed E-state index contributed by atoms with van der Waals surface area (Å²) in [6.45, 7) is 0. The number of pyridine rings is 1. The molecule has 0 fully saturated rings. The van der Waals surface area contributed by atoms with Gasteiger partial charge in [0.1, 0.15) is 11.6 Å². The topological polar surface area (TPSA) is 80.4 Å². The highest BCUT2D eigenvalue weighted by Crippen LogP contribution is 2.12. The van der Waals surface area contributed by atoms with E-state index in [1.165, 1.54) is 6.07 Å². The predicted molar refractivity (Wildman–Crippen MR) is 54.0 cm³/mol. The second-order valence-electron chi connectivity index (χ2n) is 3.04. The normalized spacial score (nSPS) is 9.47. The molecule has 0 atom stereocenters. The molecule has 2 rings (SSSR count). The van der Waals surface area contributed by atoms with Gasteiger partial charge in [-0.1, -0.05) is 0 Å². The Labute approximate surface area is 85.0 Å². The number of rotatable bonds is 0. The summed E-state index contributed by atoms with van der Waals surface area (Å²) < 4.78 is 0. The molecule has 0 saturated heterocycles. The van der Waals surface area contributed by atoms with Crippen LogP contribution in [0, 0.1) is 22.7 Å². The molecule has 15 heavy (non-hydrogen) atoms. The molecule has 0 saturated carbocycles. The van der Waals surface area contributed by atoms with E-state index in [-0.39, 0.29) is 5.56 Å². The number of aromatic amines is 1. The van der Waals surface area contributed by atoms with Crippen molar-refractivity contribution in [2.75, 3.05) is 0 Å². The van der Waals surface area contributed by atoms with Crippen LogP contribution in [-0.4, -0.2) is 4.98 Å². The van der Waals surface area contributed by atoms with Crippen LogP contribution in [0.3, 0.4) is 0 Å². The molecule has 0 amide bonds. The number of H-pyrrole nitrogens is 1. The van der Waals surface area contributed by atoms with Crippen LogP contribution in [-0.2, 0) is 0 Å². The molecule has 1 N–H and O–H groups in total. The molecule has 2 aromatic rings. The molecule has 4 heteroatoms. The van der Waals surface area contributed by atoms with Crippen LogP contribution in [0.1, 0.15) is 11.1 Å². The smallest absolute Gasteiger partial charge is 0.266 e. The van der Waals surface area contributed by atoms with Crippen LogP contribution < -0.4 is 5.56 Å². The Morgan fingerprint density at radius 1 is 1.13 bits per heavy atom. The van der Waals surface area contributed by atoms with Gasteiger partial charge in [-0.05, 0) is 24.3 Å². The van der Waals surface area contributed by atoms with E-state index in [1.807, 2.05) is 6.07 Å². The third kappa shape index (κ3) is 1.45. The minimum atomic E-state index is -0.408. The Morgan fingerprint density at radius 3 is 2.60 bits per heavy atom. The van der Waals surface area contributed by atoms with Crippen LogP contribution in [0.15, 0.2) is 29.1 Å². The molecule has 0 unspecified atom stereocenters. The molecule has 1 heterocycles. The van der Waals surface area contributed by atoms with Crippen LogP contribution >= 0.6 is 0 Å². The number of aromatic nitrogens is 1. The maximum absolute atomic E-state index is 11.3. The summed E-state index contributed by atoms with van der Waals surface area (Å²) in [6.07, 6.45) is 0. The fourth-order valence-corrected chi connectivity index (χ4v) is 1.36. The number of nitrogens with zero attached hydrogens (tertiary/aromatic N) is 2. The molecule has 0 aliphatic carbocycles. The lowest BCUT2D eigenvalue weighted by atomic mass is 10.1. The van der Waals surface area contributed by atoms with Crippen molar-refractivity contribution in [2.45, 2.75) is 0 Å². The molecule has 0 radical (unpaired) electrons. The second kappa shape index (κ2) is 3.28. The number of nitrogens with one attached hydrogen (secondary N) is 1. The van der Waals surface area contributed by atoms with Gasteiger partial charge in [-0.3, -0.25) is 4.79 Å². The fourth-order valence-electron chi connectivity index (χ4n) is 1.36. The zero-order valence-electron chi connectivity index (χ0n) is 7.61. The van der Waals surface area contributed by atoms with E-state index in [0.29, 0.717) is 16.5 Å². The number of benzene rings is 1.